The molecule has 1 aliphatic rings. The summed E-state index contributed by atoms with van der Waals surface area (Å²) in [5.41, 5.74) is 4.34. The molecular formula is C24H29N5. The third-order valence-electron chi connectivity index (χ3n) is 5.77. The summed E-state index contributed by atoms with van der Waals surface area (Å²) in [5.74, 6) is 2.27. The van der Waals surface area contributed by atoms with E-state index < -0.39 is 0 Å². The quantitative estimate of drug-likeness (QED) is 0.661. The van der Waals surface area contributed by atoms with Gasteiger partial charge < -0.3 is 10.2 Å². The Labute approximate surface area is 173 Å². The third-order valence-corrected chi connectivity index (χ3v) is 5.77. The fourth-order valence-corrected chi connectivity index (χ4v) is 3.87. The van der Waals surface area contributed by atoms with Crippen LogP contribution in [0.5, 0.6) is 0 Å². The lowest BCUT2D eigenvalue weighted by atomic mass is 10.1. The van der Waals surface area contributed by atoms with Crippen molar-refractivity contribution >= 4 is 5.82 Å². The highest BCUT2D eigenvalue weighted by atomic mass is 15.2. The standard InChI is InChI=1S/C24H29N5/c1-18-19(2)27-24(22-10-6-7-13-25-22)28-23(18)26-16-21-12-15-29(17-21)14-11-20-8-4-3-5-9-20/h3-10,13,21H,11-12,14-17H2,1-2H3,(H,26,27,28). The Morgan fingerprint density at radius 2 is 1.86 bits per heavy atom. The number of pyridine rings is 1. The SMILES string of the molecule is Cc1nc(-c2ccccn2)nc(NCC2CCN(CCc3ccccc3)C2)c1C. The molecule has 1 aliphatic heterocycles. The van der Waals surface area contributed by atoms with Crippen molar-refractivity contribution in [3.63, 3.8) is 0 Å². The van der Waals surface area contributed by atoms with Crippen LogP contribution in [0.2, 0.25) is 0 Å². The van der Waals surface area contributed by atoms with Gasteiger partial charge >= 0.3 is 0 Å². The first-order chi connectivity index (χ1) is 14.2. The number of nitrogens with zero attached hydrogens (tertiary/aromatic N) is 4. The lowest BCUT2D eigenvalue weighted by Gasteiger charge is -2.17. The summed E-state index contributed by atoms with van der Waals surface area (Å²) < 4.78 is 0. The van der Waals surface area contributed by atoms with Gasteiger partial charge in [-0.2, -0.15) is 0 Å². The Bertz CT molecular complexity index is 927. The fourth-order valence-electron chi connectivity index (χ4n) is 3.87. The molecule has 1 aromatic carbocycles. The monoisotopic (exact) mass is 387 g/mol. The molecule has 1 saturated heterocycles. The summed E-state index contributed by atoms with van der Waals surface area (Å²) in [6.07, 6.45) is 4.14. The average Bonchev–Trinajstić information content (AvgIpc) is 3.22. The zero-order valence-electron chi connectivity index (χ0n) is 17.3. The van der Waals surface area contributed by atoms with Crippen LogP contribution in [0.15, 0.2) is 54.7 Å². The molecule has 0 bridgehead atoms. The molecule has 0 aliphatic carbocycles. The number of benzene rings is 1. The normalized spacial score (nSPS) is 16.8. The van der Waals surface area contributed by atoms with Crippen LogP contribution in [-0.4, -0.2) is 46.0 Å². The molecule has 5 nitrogen and oxygen atoms in total. The Morgan fingerprint density at radius 3 is 2.66 bits per heavy atom. The van der Waals surface area contributed by atoms with E-state index in [-0.39, 0.29) is 0 Å². The maximum absolute atomic E-state index is 4.76. The van der Waals surface area contributed by atoms with Crippen molar-refractivity contribution in [1.82, 2.24) is 19.9 Å². The van der Waals surface area contributed by atoms with E-state index in [9.17, 15) is 0 Å². The molecule has 3 heterocycles. The lowest BCUT2D eigenvalue weighted by Crippen LogP contribution is -2.25. The van der Waals surface area contributed by atoms with Gasteiger partial charge in [0.15, 0.2) is 5.82 Å². The van der Waals surface area contributed by atoms with Crippen molar-refractivity contribution in [2.24, 2.45) is 5.92 Å². The molecule has 0 saturated carbocycles. The lowest BCUT2D eigenvalue weighted by molar-refractivity contribution is 0.330. The number of nitrogens with one attached hydrogen (secondary N) is 1. The second kappa shape index (κ2) is 9.14. The molecular weight excluding hydrogens is 358 g/mol. The highest BCUT2D eigenvalue weighted by Gasteiger charge is 2.22. The first-order valence-corrected chi connectivity index (χ1v) is 10.5. The molecule has 3 aromatic rings. The number of rotatable bonds is 7. The predicted molar refractivity (Wildman–Crippen MR) is 118 cm³/mol. The van der Waals surface area contributed by atoms with Gasteiger partial charge in [-0.1, -0.05) is 36.4 Å². The van der Waals surface area contributed by atoms with Gasteiger partial charge in [0.1, 0.15) is 11.5 Å². The molecule has 0 amide bonds. The minimum absolute atomic E-state index is 0.652. The summed E-state index contributed by atoms with van der Waals surface area (Å²) in [6, 6.07) is 16.6. The number of anilines is 1. The van der Waals surface area contributed by atoms with Crippen LogP contribution in [-0.2, 0) is 6.42 Å². The van der Waals surface area contributed by atoms with Crippen molar-refractivity contribution in [3.8, 4) is 11.5 Å². The Hall–Kier alpha value is -2.79. The van der Waals surface area contributed by atoms with Crippen LogP contribution in [0.3, 0.4) is 0 Å². The van der Waals surface area contributed by atoms with Crippen LogP contribution < -0.4 is 5.32 Å². The van der Waals surface area contributed by atoms with E-state index in [1.54, 1.807) is 6.20 Å². The molecule has 1 fully saturated rings. The number of likely N-dealkylation sites (tertiary alicyclic amines) is 1. The number of hydrogen-bond donors (Lipinski definition) is 1. The van der Waals surface area contributed by atoms with Gasteiger partial charge in [0.25, 0.3) is 0 Å². The van der Waals surface area contributed by atoms with Crippen LogP contribution in [0.4, 0.5) is 5.82 Å². The van der Waals surface area contributed by atoms with Crippen LogP contribution in [0, 0.1) is 19.8 Å². The smallest absolute Gasteiger partial charge is 0.180 e. The zero-order valence-corrected chi connectivity index (χ0v) is 17.3. The molecule has 0 spiro atoms. The third kappa shape index (κ3) is 4.98. The van der Waals surface area contributed by atoms with Gasteiger partial charge in [0, 0.05) is 37.1 Å². The fraction of sp³-hybridized carbons (Fsp3) is 0.375. The summed E-state index contributed by atoms with van der Waals surface area (Å²) in [6.45, 7) is 8.53. The highest BCUT2D eigenvalue weighted by Crippen LogP contribution is 2.22. The predicted octanol–water partition coefficient (Wildman–Crippen LogP) is 4.13. The van der Waals surface area contributed by atoms with Gasteiger partial charge in [0.05, 0.1) is 0 Å². The highest BCUT2D eigenvalue weighted by molar-refractivity contribution is 5.56. The van der Waals surface area contributed by atoms with E-state index in [0.29, 0.717) is 11.7 Å². The van der Waals surface area contributed by atoms with Gasteiger partial charge in [-0.15, -0.1) is 0 Å². The summed E-state index contributed by atoms with van der Waals surface area (Å²) in [4.78, 5) is 16.4. The van der Waals surface area contributed by atoms with Crippen LogP contribution >= 0.6 is 0 Å². The van der Waals surface area contributed by atoms with E-state index >= 15 is 0 Å². The van der Waals surface area contributed by atoms with E-state index in [0.717, 1.165) is 48.8 Å². The molecule has 1 N–H and O–H groups in total. The van der Waals surface area contributed by atoms with Crippen LogP contribution in [0.25, 0.3) is 11.5 Å². The van der Waals surface area contributed by atoms with Crippen molar-refractivity contribution in [2.45, 2.75) is 26.7 Å². The summed E-state index contributed by atoms with van der Waals surface area (Å²) in [7, 11) is 0. The summed E-state index contributed by atoms with van der Waals surface area (Å²) >= 11 is 0. The second-order valence-corrected chi connectivity index (χ2v) is 7.89. The van der Waals surface area contributed by atoms with Gasteiger partial charge in [-0.3, -0.25) is 4.98 Å². The van der Waals surface area contributed by atoms with Crippen molar-refractivity contribution in [2.75, 3.05) is 31.5 Å². The maximum atomic E-state index is 4.76. The minimum Gasteiger partial charge on any atom is -0.369 e. The topological polar surface area (TPSA) is 53.9 Å². The van der Waals surface area contributed by atoms with E-state index in [2.05, 4.69) is 57.4 Å². The largest absolute Gasteiger partial charge is 0.369 e. The van der Waals surface area contributed by atoms with Crippen molar-refractivity contribution in [1.29, 1.82) is 0 Å². The van der Waals surface area contributed by atoms with Gasteiger partial charge in [0.2, 0.25) is 0 Å². The van der Waals surface area contributed by atoms with Gasteiger partial charge in [-0.05, 0) is 56.8 Å². The molecule has 1 atom stereocenters. The van der Waals surface area contributed by atoms with E-state index in [4.69, 9.17) is 4.98 Å². The zero-order chi connectivity index (χ0) is 20.1. The first kappa shape index (κ1) is 19.5. The maximum Gasteiger partial charge on any atom is 0.180 e. The minimum atomic E-state index is 0.652. The number of aromatic nitrogens is 3. The Morgan fingerprint density at radius 1 is 1.03 bits per heavy atom. The molecule has 29 heavy (non-hydrogen) atoms. The first-order valence-electron chi connectivity index (χ1n) is 10.5. The van der Waals surface area contributed by atoms with E-state index in [1.807, 2.05) is 25.1 Å². The number of aryl methyl sites for hydroxylation is 1. The molecule has 4 rings (SSSR count). The Kier molecular flexibility index (Phi) is 6.15. The average molecular weight is 388 g/mol. The molecule has 150 valence electrons. The van der Waals surface area contributed by atoms with Gasteiger partial charge in [-0.25, -0.2) is 9.97 Å². The Balaban J connectivity index is 1.34. The molecule has 0 radical (unpaired) electrons. The van der Waals surface area contributed by atoms with Crippen molar-refractivity contribution < 1.29 is 0 Å². The van der Waals surface area contributed by atoms with Crippen LogP contribution in [0.1, 0.15) is 23.2 Å². The summed E-state index contributed by atoms with van der Waals surface area (Å²) in [5, 5.41) is 3.59. The number of hydrogen-bond acceptors (Lipinski definition) is 5. The second-order valence-electron chi connectivity index (χ2n) is 7.89. The molecule has 1 unspecified atom stereocenters. The molecule has 2 aromatic heterocycles. The van der Waals surface area contributed by atoms with Crippen molar-refractivity contribution in [3.05, 3.63) is 71.5 Å². The molecule has 5 heteroatoms. The van der Waals surface area contributed by atoms with E-state index in [1.165, 1.54) is 18.5 Å².